The third kappa shape index (κ3) is 6.44. The van der Waals surface area contributed by atoms with E-state index in [9.17, 15) is 9.59 Å². The summed E-state index contributed by atoms with van der Waals surface area (Å²) in [6.07, 6.45) is 0.312. The number of amides is 3. The Kier molecular flexibility index (Phi) is 7.74. The quantitative estimate of drug-likeness (QED) is 0.293. The van der Waals surface area contributed by atoms with Gasteiger partial charge >= 0.3 is 6.03 Å². The van der Waals surface area contributed by atoms with Crippen LogP contribution in [0.3, 0.4) is 0 Å². The standard InChI is InChI=1S/C26H24ClN5O2S/c1-16-8-6-13-21(17(16)2)28-25(34)29-22(14-18-9-4-3-5-10-18)23(33)30-26-32-31-24(35-26)19-11-7-12-20(27)15-19/h3-13,15,22H,14H2,1-2H3,(H2,28,29,34)(H,30,32,33)/t22-/m0/s1. The maximum Gasteiger partial charge on any atom is 0.319 e. The van der Waals surface area contributed by atoms with Crippen molar-refractivity contribution in [1.82, 2.24) is 15.5 Å². The molecule has 1 atom stereocenters. The first-order chi connectivity index (χ1) is 16.9. The number of carbonyl (C=O) groups is 2. The molecule has 35 heavy (non-hydrogen) atoms. The molecule has 3 aromatic carbocycles. The Balaban J connectivity index is 1.49. The Morgan fingerprint density at radius 2 is 1.71 bits per heavy atom. The molecule has 4 aromatic rings. The van der Waals surface area contributed by atoms with E-state index in [0.717, 1.165) is 22.3 Å². The largest absolute Gasteiger partial charge is 0.326 e. The van der Waals surface area contributed by atoms with E-state index in [1.165, 1.54) is 11.3 Å². The van der Waals surface area contributed by atoms with Gasteiger partial charge in [-0.3, -0.25) is 10.1 Å². The van der Waals surface area contributed by atoms with E-state index in [2.05, 4.69) is 26.1 Å². The van der Waals surface area contributed by atoms with Gasteiger partial charge in [0.15, 0.2) is 0 Å². The van der Waals surface area contributed by atoms with E-state index >= 15 is 0 Å². The highest BCUT2D eigenvalue weighted by Gasteiger charge is 2.23. The van der Waals surface area contributed by atoms with E-state index in [1.807, 2.05) is 74.5 Å². The van der Waals surface area contributed by atoms with Gasteiger partial charge in [-0.2, -0.15) is 0 Å². The Bertz CT molecular complexity index is 1340. The minimum Gasteiger partial charge on any atom is -0.326 e. The van der Waals surface area contributed by atoms with Gasteiger partial charge in [-0.15, -0.1) is 10.2 Å². The fraction of sp³-hybridized carbons (Fsp3) is 0.154. The molecule has 9 heteroatoms. The molecule has 7 nitrogen and oxygen atoms in total. The third-order valence-corrected chi connectivity index (χ3v) is 6.61. The van der Waals surface area contributed by atoms with Gasteiger partial charge in [0.2, 0.25) is 11.0 Å². The van der Waals surface area contributed by atoms with Crippen LogP contribution in [-0.2, 0) is 11.2 Å². The van der Waals surface area contributed by atoms with Gasteiger partial charge < -0.3 is 10.6 Å². The molecule has 178 valence electrons. The zero-order valence-corrected chi connectivity index (χ0v) is 20.8. The summed E-state index contributed by atoms with van der Waals surface area (Å²) in [7, 11) is 0. The number of hydrogen-bond acceptors (Lipinski definition) is 5. The van der Waals surface area contributed by atoms with Crippen molar-refractivity contribution in [2.24, 2.45) is 0 Å². The van der Waals surface area contributed by atoms with Gasteiger partial charge in [0.25, 0.3) is 0 Å². The molecule has 1 aromatic heterocycles. The van der Waals surface area contributed by atoms with E-state index in [1.54, 1.807) is 12.1 Å². The van der Waals surface area contributed by atoms with Crippen LogP contribution >= 0.6 is 22.9 Å². The number of anilines is 2. The van der Waals surface area contributed by atoms with E-state index in [4.69, 9.17) is 11.6 Å². The van der Waals surface area contributed by atoms with Crippen LogP contribution in [0.1, 0.15) is 16.7 Å². The van der Waals surface area contributed by atoms with E-state index in [0.29, 0.717) is 27.3 Å². The summed E-state index contributed by atoms with van der Waals surface area (Å²) in [5, 5.41) is 18.2. The lowest BCUT2D eigenvalue weighted by molar-refractivity contribution is -0.117. The van der Waals surface area contributed by atoms with Gasteiger partial charge in [-0.1, -0.05) is 77.5 Å². The molecule has 0 fully saturated rings. The predicted molar refractivity (Wildman–Crippen MR) is 141 cm³/mol. The van der Waals surface area contributed by atoms with Crippen LogP contribution in [0.5, 0.6) is 0 Å². The molecule has 0 spiro atoms. The van der Waals surface area contributed by atoms with E-state index < -0.39 is 18.0 Å². The summed E-state index contributed by atoms with van der Waals surface area (Å²) in [4.78, 5) is 26.0. The van der Waals surface area contributed by atoms with Crippen molar-refractivity contribution in [3.63, 3.8) is 0 Å². The van der Waals surface area contributed by atoms with Gasteiger partial charge in [-0.05, 0) is 48.7 Å². The van der Waals surface area contributed by atoms with Crippen LogP contribution < -0.4 is 16.0 Å². The van der Waals surface area contributed by atoms with Crippen molar-refractivity contribution in [2.45, 2.75) is 26.3 Å². The van der Waals surface area contributed by atoms with Crippen molar-refractivity contribution in [3.05, 3.63) is 94.5 Å². The lowest BCUT2D eigenvalue weighted by Crippen LogP contribution is -2.47. The van der Waals surface area contributed by atoms with Crippen LogP contribution in [0.15, 0.2) is 72.8 Å². The summed E-state index contributed by atoms with van der Waals surface area (Å²) in [5.74, 6) is -0.390. The Labute approximate surface area is 212 Å². The van der Waals surface area contributed by atoms with Gasteiger partial charge in [0.1, 0.15) is 11.0 Å². The molecule has 0 aliphatic heterocycles. The van der Waals surface area contributed by atoms with Crippen LogP contribution in [0, 0.1) is 13.8 Å². The number of rotatable bonds is 7. The van der Waals surface area contributed by atoms with Crippen molar-refractivity contribution in [2.75, 3.05) is 10.6 Å². The smallest absolute Gasteiger partial charge is 0.319 e. The second kappa shape index (κ2) is 11.1. The number of aryl methyl sites for hydroxylation is 1. The molecule has 1 heterocycles. The number of aromatic nitrogens is 2. The SMILES string of the molecule is Cc1cccc(NC(=O)N[C@@H](Cc2ccccc2)C(=O)Nc2nnc(-c3cccc(Cl)c3)s2)c1C. The minimum atomic E-state index is -0.832. The molecule has 0 saturated carbocycles. The lowest BCUT2D eigenvalue weighted by Gasteiger charge is -2.19. The topological polar surface area (TPSA) is 96.0 Å². The summed E-state index contributed by atoms with van der Waals surface area (Å²) in [5.41, 5.74) is 4.44. The zero-order chi connectivity index (χ0) is 24.8. The zero-order valence-electron chi connectivity index (χ0n) is 19.2. The molecule has 0 unspecified atom stereocenters. The highest BCUT2D eigenvalue weighted by atomic mass is 35.5. The summed E-state index contributed by atoms with van der Waals surface area (Å²) in [6.45, 7) is 3.91. The number of halogens is 1. The van der Waals surface area contributed by atoms with Crippen LogP contribution in [0.2, 0.25) is 5.02 Å². The summed E-state index contributed by atoms with van der Waals surface area (Å²) < 4.78 is 0. The summed E-state index contributed by atoms with van der Waals surface area (Å²) >= 11 is 7.30. The van der Waals surface area contributed by atoms with Crippen LogP contribution in [0.4, 0.5) is 15.6 Å². The van der Waals surface area contributed by atoms with Gasteiger partial charge in [-0.25, -0.2) is 4.79 Å². The number of nitrogens with one attached hydrogen (secondary N) is 3. The highest BCUT2D eigenvalue weighted by molar-refractivity contribution is 7.18. The number of urea groups is 1. The molecule has 0 bridgehead atoms. The average molecular weight is 506 g/mol. The second-order valence-electron chi connectivity index (χ2n) is 8.00. The maximum absolute atomic E-state index is 13.2. The average Bonchev–Trinajstić information content (AvgIpc) is 3.31. The summed E-state index contributed by atoms with van der Waals surface area (Å²) in [6, 6.07) is 21.1. The lowest BCUT2D eigenvalue weighted by atomic mass is 10.1. The fourth-order valence-corrected chi connectivity index (χ4v) is 4.40. The van der Waals surface area contributed by atoms with Crippen molar-refractivity contribution < 1.29 is 9.59 Å². The van der Waals surface area contributed by atoms with Gasteiger partial charge in [0, 0.05) is 22.7 Å². The molecular weight excluding hydrogens is 482 g/mol. The fourth-order valence-electron chi connectivity index (χ4n) is 3.47. The normalized spacial score (nSPS) is 11.5. The first-order valence-electron chi connectivity index (χ1n) is 11.0. The molecule has 4 rings (SSSR count). The number of hydrogen-bond donors (Lipinski definition) is 3. The second-order valence-corrected chi connectivity index (χ2v) is 9.41. The monoisotopic (exact) mass is 505 g/mol. The molecule has 3 amide bonds. The van der Waals surface area contributed by atoms with Crippen LogP contribution in [0.25, 0.3) is 10.6 Å². The predicted octanol–water partition coefficient (Wildman–Crippen LogP) is 5.85. The molecule has 0 aliphatic carbocycles. The third-order valence-electron chi connectivity index (χ3n) is 5.48. The molecular formula is C26H24ClN5O2S. The van der Waals surface area contributed by atoms with Crippen LogP contribution in [-0.4, -0.2) is 28.2 Å². The minimum absolute atomic E-state index is 0.312. The van der Waals surface area contributed by atoms with Crippen molar-refractivity contribution in [1.29, 1.82) is 0 Å². The number of nitrogens with zero attached hydrogens (tertiary/aromatic N) is 2. The van der Waals surface area contributed by atoms with Crippen molar-refractivity contribution >= 4 is 45.7 Å². The first-order valence-corrected chi connectivity index (χ1v) is 12.2. The highest BCUT2D eigenvalue weighted by Crippen LogP contribution is 2.28. The van der Waals surface area contributed by atoms with Gasteiger partial charge in [0.05, 0.1) is 0 Å². The number of carbonyl (C=O) groups excluding carboxylic acids is 2. The number of benzene rings is 3. The molecule has 0 radical (unpaired) electrons. The maximum atomic E-state index is 13.2. The molecule has 3 N–H and O–H groups in total. The molecule has 0 aliphatic rings. The van der Waals surface area contributed by atoms with E-state index in [-0.39, 0.29) is 0 Å². The molecule has 0 saturated heterocycles. The Morgan fingerprint density at radius 3 is 2.49 bits per heavy atom. The van der Waals surface area contributed by atoms with Crippen molar-refractivity contribution in [3.8, 4) is 10.6 Å². The first kappa shape index (κ1) is 24.4. The Hall–Kier alpha value is -3.75. The Morgan fingerprint density at radius 1 is 0.943 bits per heavy atom.